The van der Waals surface area contributed by atoms with E-state index in [2.05, 4.69) is 45.6 Å². The molecule has 0 spiro atoms. The highest BCUT2D eigenvalue weighted by Crippen LogP contribution is 2.32. The minimum absolute atomic E-state index is 0.0190. The van der Waals surface area contributed by atoms with Gasteiger partial charge in [-0.15, -0.1) is 21.5 Å². The van der Waals surface area contributed by atoms with Crippen LogP contribution in [0.4, 0.5) is 0 Å². The summed E-state index contributed by atoms with van der Waals surface area (Å²) in [6.07, 6.45) is 1.96. The Kier molecular flexibility index (Phi) is 6.02. The Morgan fingerprint density at radius 1 is 1.15 bits per heavy atom. The number of rotatable bonds is 7. The number of thioether (sulfide) groups is 1. The fourth-order valence-electron chi connectivity index (χ4n) is 3.82. The molecular weight excluding hydrogens is 450 g/mol. The Morgan fingerprint density at radius 2 is 2.03 bits per heavy atom. The number of carbonyl (C=O) groups is 1. The van der Waals surface area contributed by atoms with Gasteiger partial charge in [0.2, 0.25) is 5.91 Å². The zero-order valence-corrected chi connectivity index (χ0v) is 19.9. The Hall–Kier alpha value is -3.36. The molecule has 0 aliphatic carbocycles. The van der Waals surface area contributed by atoms with Crippen molar-refractivity contribution in [3.8, 4) is 17.1 Å². The van der Waals surface area contributed by atoms with Crippen LogP contribution in [0.15, 0.2) is 77.4 Å². The van der Waals surface area contributed by atoms with Gasteiger partial charge in [0, 0.05) is 33.2 Å². The van der Waals surface area contributed by atoms with Gasteiger partial charge in [0.25, 0.3) is 0 Å². The highest BCUT2D eigenvalue weighted by atomic mass is 32.2. The van der Waals surface area contributed by atoms with Crippen molar-refractivity contribution in [2.75, 3.05) is 5.75 Å². The quantitative estimate of drug-likeness (QED) is 0.295. The van der Waals surface area contributed by atoms with E-state index >= 15 is 0 Å². The van der Waals surface area contributed by atoms with Gasteiger partial charge in [-0.05, 0) is 49.1 Å². The molecule has 5 rings (SSSR count). The summed E-state index contributed by atoms with van der Waals surface area (Å²) >= 11 is 3.03. The molecule has 8 heteroatoms. The van der Waals surface area contributed by atoms with Crippen LogP contribution in [0.25, 0.3) is 28.0 Å². The second kappa shape index (κ2) is 9.25. The van der Waals surface area contributed by atoms with Gasteiger partial charge in [0.1, 0.15) is 0 Å². The van der Waals surface area contributed by atoms with Crippen molar-refractivity contribution >= 4 is 39.9 Å². The van der Waals surface area contributed by atoms with Crippen molar-refractivity contribution in [2.24, 2.45) is 0 Å². The predicted molar refractivity (Wildman–Crippen MR) is 135 cm³/mol. The third-order valence-electron chi connectivity index (χ3n) is 5.40. The SMILES string of the molecule is Cc1cccc(-n2c(SCC(=O)N[C@@H](C)c3cccs3)nnc2-c2c[nH]c3ccccc23)c1. The summed E-state index contributed by atoms with van der Waals surface area (Å²) in [7, 11) is 0. The molecule has 1 amide bonds. The number of hydrogen-bond donors (Lipinski definition) is 2. The van der Waals surface area contributed by atoms with E-state index in [1.807, 2.05) is 65.5 Å². The molecule has 2 aromatic carbocycles. The number of H-pyrrole nitrogens is 1. The molecule has 0 saturated heterocycles. The van der Waals surface area contributed by atoms with E-state index in [-0.39, 0.29) is 17.7 Å². The average Bonchev–Trinajstić information content (AvgIpc) is 3.57. The highest BCUT2D eigenvalue weighted by molar-refractivity contribution is 7.99. The number of nitrogens with zero attached hydrogens (tertiary/aromatic N) is 3. The maximum Gasteiger partial charge on any atom is 0.230 e. The summed E-state index contributed by atoms with van der Waals surface area (Å²) in [4.78, 5) is 17.1. The lowest BCUT2D eigenvalue weighted by Crippen LogP contribution is -2.27. The molecule has 3 heterocycles. The molecule has 1 atom stereocenters. The van der Waals surface area contributed by atoms with Gasteiger partial charge in [-0.3, -0.25) is 9.36 Å². The second-order valence-corrected chi connectivity index (χ2v) is 9.74. The first kappa shape index (κ1) is 21.5. The number of aromatic nitrogens is 4. The van der Waals surface area contributed by atoms with Crippen LogP contribution in [-0.2, 0) is 4.79 Å². The number of amides is 1. The standard InChI is InChI=1S/C25H23N5OS2/c1-16-7-5-8-18(13-16)30-24(20-14-26-21-10-4-3-9-19(20)21)28-29-25(30)33-15-23(31)27-17(2)22-11-6-12-32-22/h3-14,17,26H,15H2,1-2H3,(H,27,31)/t17-/m0/s1. The van der Waals surface area contributed by atoms with Gasteiger partial charge >= 0.3 is 0 Å². The smallest absolute Gasteiger partial charge is 0.230 e. The van der Waals surface area contributed by atoms with Crippen molar-refractivity contribution in [1.29, 1.82) is 0 Å². The largest absolute Gasteiger partial charge is 0.360 e. The summed E-state index contributed by atoms with van der Waals surface area (Å²) in [5.74, 6) is 0.967. The molecule has 33 heavy (non-hydrogen) atoms. The number of thiophene rings is 1. The van der Waals surface area contributed by atoms with Crippen molar-refractivity contribution in [3.05, 3.63) is 82.7 Å². The molecule has 0 saturated carbocycles. The fourth-order valence-corrected chi connectivity index (χ4v) is 5.31. The number of fused-ring (bicyclic) bond motifs is 1. The minimum Gasteiger partial charge on any atom is -0.360 e. The molecule has 0 unspecified atom stereocenters. The maximum atomic E-state index is 12.6. The lowest BCUT2D eigenvalue weighted by Gasteiger charge is -2.13. The van der Waals surface area contributed by atoms with Gasteiger partial charge in [-0.2, -0.15) is 0 Å². The van der Waals surface area contributed by atoms with Crippen LogP contribution >= 0.6 is 23.1 Å². The molecule has 0 aliphatic heterocycles. The van der Waals surface area contributed by atoms with E-state index in [4.69, 9.17) is 0 Å². The summed E-state index contributed by atoms with van der Waals surface area (Å²) in [6, 6.07) is 20.4. The van der Waals surface area contributed by atoms with Crippen LogP contribution < -0.4 is 5.32 Å². The lowest BCUT2D eigenvalue weighted by molar-refractivity contribution is -0.119. The van der Waals surface area contributed by atoms with E-state index in [0.717, 1.165) is 38.4 Å². The predicted octanol–water partition coefficient (Wildman–Crippen LogP) is 5.76. The van der Waals surface area contributed by atoms with Crippen LogP contribution in [0.1, 0.15) is 23.4 Å². The number of carbonyl (C=O) groups excluding carboxylic acids is 1. The average molecular weight is 474 g/mol. The first-order valence-corrected chi connectivity index (χ1v) is 12.5. The van der Waals surface area contributed by atoms with E-state index in [1.54, 1.807) is 11.3 Å². The van der Waals surface area contributed by atoms with Gasteiger partial charge in [-0.1, -0.05) is 48.2 Å². The fraction of sp³-hybridized carbons (Fsp3) is 0.160. The van der Waals surface area contributed by atoms with Crippen LogP contribution in [-0.4, -0.2) is 31.4 Å². The van der Waals surface area contributed by atoms with Crippen LogP contribution in [0.2, 0.25) is 0 Å². The van der Waals surface area contributed by atoms with E-state index in [9.17, 15) is 4.79 Å². The molecule has 2 N–H and O–H groups in total. The third kappa shape index (κ3) is 4.44. The lowest BCUT2D eigenvalue weighted by atomic mass is 10.1. The second-order valence-electron chi connectivity index (χ2n) is 7.82. The van der Waals surface area contributed by atoms with Crippen molar-refractivity contribution < 1.29 is 4.79 Å². The zero-order chi connectivity index (χ0) is 22.8. The molecule has 3 aromatic heterocycles. The Morgan fingerprint density at radius 3 is 2.85 bits per heavy atom. The van der Waals surface area contributed by atoms with Crippen molar-refractivity contribution in [1.82, 2.24) is 25.1 Å². The van der Waals surface area contributed by atoms with Crippen molar-refractivity contribution in [3.63, 3.8) is 0 Å². The molecule has 0 radical (unpaired) electrons. The molecule has 0 fully saturated rings. The first-order chi connectivity index (χ1) is 16.1. The zero-order valence-electron chi connectivity index (χ0n) is 18.3. The molecule has 6 nitrogen and oxygen atoms in total. The van der Waals surface area contributed by atoms with E-state index in [1.165, 1.54) is 11.8 Å². The van der Waals surface area contributed by atoms with Crippen LogP contribution in [0.3, 0.4) is 0 Å². The molecule has 0 bridgehead atoms. The molecule has 166 valence electrons. The Balaban J connectivity index is 1.46. The Bertz CT molecular complexity index is 1400. The number of aromatic amines is 1. The van der Waals surface area contributed by atoms with E-state index < -0.39 is 0 Å². The highest BCUT2D eigenvalue weighted by Gasteiger charge is 2.20. The number of nitrogens with one attached hydrogen (secondary N) is 2. The molecule has 0 aliphatic rings. The van der Waals surface area contributed by atoms with Gasteiger partial charge in [-0.25, -0.2) is 0 Å². The molecule has 5 aromatic rings. The number of hydrogen-bond acceptors (Lipinski definition) is 5. The number of aryl methyl sites for hydroxylation is 1. The topological polar surface area (TPSA) is 75.6 Å². The normalized spacial score (nSPS) is 12.2. The van der Waals surface area contributed by atoms with Crippen LogP contribution in [0.5, 0.6) is 0 Å². The van der Waals surface area contributed by atoms with Gasteiger partial charge in [0.05, 0.1) is 11.8 Å². The van der Waals surface area contributed by atoms with Gasteiger partial charge in [0.15, 0.2) is 11.0 Å². The monoisotopic (exact) mass is 473 g/mol. The molecular formula is C25H23N5OS2. The summed E-state index contributed by atoms with van der Waals surface area (Å²) in [5, 5.41) is 15.9. The van der Waals surface area contributed by atoms with Gasteiger partial charge < -0.3 is 10.3 Å². The summed E-state index contributed by atoms with van der Waals surface area (Å²) < 4.78 is 2.03. The van der Waals surface area contributed by atoms with Crippen molar-refractivity contribution in [2.45, 2.75) is 25.0 Å². The summed E-state index contributed by atoms with van der Waals surface area (Å²) in [6.45, 7) is 4.06. The summed E-state index contributed by atoms with van der Waals surface area (Å²) in [5.41, 5.74) is 4.13. The Labute approximate surface area is 200 Å². The maximum absolute atomic E-state index is 12.6. The van der Waals surface area contributed by atoms with Crippen LogP contribution in [0, 0.1) is 6.92 Å². The first-order valence-electron chi connectivity index (χ1n) is 10.6. The van der Waals surface area contributed by atoms with E-state index in [0.29, 0.717) is 5.16 Å². The number of para-hydroxylation sites is 1. The number of benzene rings is 2. The third-order valence-corrected chi connectivity index (χ3v) is 7.39. The minimum atomic E-state index is -0.0339.